The molecule has 0 saturated heterocycles. The third-order valence-corrected chi connectivity index (χ3v) is 3.23. The summed E-state index contributed by atoms with van der Waals surface area (Å²) in [6.45, 7) is 2.27. The van der Waals surface area contributed by atoms with E-state index in [0.717, 1.165) is 5.92 Å². The molecular formula is C10H18N4. The van der Waals surface area contributed by atoms with Gasteiger partial charge >= 0.3 is 0 Å². The van der Waals surface area contributed by atoms with Crippen molar-refractivity contribution in [3.63, 3.8) is 0 Å². The van der Waals surface area contributed by atoms with Crippen molar-refractivity contribution in [2.75, 3.05) is 5.73 Å². The molecule has 2 atom stereocenters. The van der Waals surface area contributed by atoms with Gasteiger partial charge in [0.1, 0.15) is 0 Å². The third-order valence-electron chi connectivity index (χ3n) is 3.23. The molecule has 1 saturated carbocycles. The molecule has 1 aromatic rings. The minimum atomic E-state index is 0.526. The van der Waals surface area contributed by atoms with Crippen LogP contribution in [0.3, 0.4) is 0 Å². The van der Waals surface area contributed by atoms with Gasteiger partial charge in [0.2, 0.25) is 0 Å². The lowest BCUT2D eigenvalue weighted by atomic mass is 9.84. The van der Waals surface area contributed by atoms with Crippen LogP contribution in [-0.2, 0) is 0 Å². The number of nitrogens with two attached hydrogens (primary N) is 1. The molecule has 1 fully saturated rings. The molecule has 0 bridgehead atoms. The van der Waals surface area contributed by atoms with E-state index in [2.05, 4.69) is 17.2 Å². The zero-order valence-corrected chi connectivity index (χ0v) is 8.69. The molecule has 14 heavy (non-hydrogen) atoms. The number of nitrogen functional groups attached to an aromatic ring is 1. The Bertz CT molecular complexity index is 294. The summed E-state index contributed by atoms with van der Waals surface area (Å²) in [6.07, 6.45) is 8.27. The molecule has 1 heterocycles. The van der Waals surface area contributed by atoms with Crippen LogP contribution in [0.2, 0.25) is 0 Å². The summed E-state index contributed by atoms with van der Waals surface area (Å²) in [5.74, 6) is 1.39. The lowest BCUT2D eigenvalue weighted by Crippen LogP contribution is -2.19. The molecule has 1 aliphatic rings. The van der Waals surface area contributed by atoms with Crippen LogP contribution in [0.1, 0.15) is 45.1 Å². The third kappa shape index (κ3) is 1.89. The summed E-state index contributed by atoms with van der Waals surface area (Å²) in [5.41, 5.74) is 5.56. The van der Waals surface area contributed by atoms with Gasteiger partial charge in [0, 0.05) is 0 Å². The number of hydrogen-bond donors (Lipinski definition) is 1. The molecule has 1 aliphatic carbocycles. The molecule has 2 N–H and O–H groups in total. The van der Waals surface area contributed by atoms with Gasteiger partial charge in [0.05, 0.1) is 12.2 Å². The van der Waals surface area contributed by atoms with Crippen LogP contribution < -0.4 is 5.73 Å². The van der Waals surface area contributed by atoms with Crippen molar-refractivity contribution < 1.29 is 0 Å². The lowest BCUT2D eigenvalue weighted by molar-refractivity contribution is 0.245. The average molecular weight is 194 g/mol. The SMILES string of the molecule is CCC1CCCC(n2cc(N)nn2)C1. The van der Waals surface area contributed by atoms with Crippen molar-refractivity contribution in [2.24, 2.45) is 5.92 Å². The van der Waals surface area contributed by atoms with Crippen molar-refractivity contribution in [2.45, 2.75) is 45.1 Å². The number of hydrogen-bond acceptors (Lipinski definition) is 3. The van der Waals surface area contributed by atoms with Crippen molar-refractivity contribution in [3.05, 3.63) is 6.20 Å². The standard InChI is InChI=1S/C10H18N4/c1-2-8-4-3-5-9(6-8)14-7-10(11)12-13-14/h7-9H,2-6,11H2,1H3. The Morgan fingerprint density at radius 1 is 1.57 bits per heavy atom. The number of rotatable bonds is 2. The molecule has 0 aromatic carbocycles. The summed E-state index contributed by atoms with van der Waals surface area (Å²) in [4.78, 5) is 0. The Morgan fingerprint density at radius 2 is 2.43 bits per heavy atom. The predicted octanol–water partition coefficient (Wildman–Crippen LogP) is 2.00. The summed E-state index contributed by atoms with van der Waals surface area (Å²) < 4.78 is 1.94. The van der Waals surface area contributed by atoms with Gasteiger partial charge in [0.15, 0.2) is 5.82 Å². The maximum absolute atomic E-state index is 5.56. The van der Waals surface area contributed by atoms with Crippen LogP contribution in [0.15, 0.2) is 6.20 Å². The Labute approximate surface area is 84.5 Å². The van der Waals surface area contributed by atoms with E-state index in [9.17, 15) is 0 Å². The van der Waals surface area contributed by atoms with Gasteiger partial charge in [-0.1, -0.05) is 31.4 Å². The van der Waals surface area contributed by atoms with Crippen LogP contribution in [0.25, 0.3) is 0 Å². The molecule has 4 nitrogen and oxygen atoms in total. The van der Waals surface area contributed by atoms with E-state index in [4.69, 9.17) is 5.73 Å². The van der Waals surface area contributed by atoms with Crippen LogP contribution >= 0.6 is 0 Å². The van der Waals surface area contributed by atoms with Crippen LogP contribution in [0.4, 0.5) is 5.82 Å². The molecule has 0 spiro atoms. The largest absolute Gasteiger partial charge is 0.381 e. The van der Waals surface area contributed by atoms with Gasteiger partial charge in [-0.25, -0.2) is 4.68 Å². The quantitative estimate of drug-likeness (QED) is 0.783. The molecule has 0 aliphatic heterocycles. The summed E-state index contributed by atoms with van der Waals surface area (Å²) >= 11 is 0. The minimum Gasteiger partial charge on any atom is -0.381 e. The maximum Gasteiger partial charge on any atom is 0.165 e. The maximum atomic E-state index is 5.56. The molecule has 4 heteroatoms. The van der Waals surface area contributed by atoms with Crippen molar-refractivity contribution >= 4 is 5.82 Å². The first-order valence-corrected chi connectivity index (χ1v) is 5.47. The first kappa shape index (κ1) is 9.49. The fourth-order valence-electron chi connectivity index (χ4n) is 2.34. The summed E-state index contributed by atoms with van der Waals surface area (Å²) in [5, 5.41) is 7.88. The van der Waals surface area contributed by atoms with E-state index in [0.29, 0.717) is 11.9 Å². The van der Waals surface area contributed by atoms with Gasteiger partial charge < -0.3 is 5.73 Å². The lowest BCUT2D eigenvalue weighted by Gasteiger charge is -2.28. The van der Waals surface area contributed by atoms with Crippen molar-refractivity contribution in [1.29, 1.82) is 0 Å². The van der Waals surface area contributed by atoms with Gasteiger partial charge in [-0.3, -0.25) is 0 Å². The Hall–Kier alpha value is -1.06. The van der Waals surface area contributed by atoms with Gasteiger partial charge in [-0.05, 0) is 18.8 Å². The topological polar surface area (TPSA) is 56.7 Å². The zero-order valence-electron chi connectivity index (χ0n) is 8.69. The second kappa shape index (κ2) is 3.98. The van der Waals surface area contributed by atoms with E-state index in [-0.39, 0.29) is 0 Å². The van der Waals surface area contributed by atoms with E-state index < -0.39 is 0 Å². The molecular weight excluding hydrogens is 176 g/mol. The zero-order chi connectivity index (χ0) is 9.97. The van der Waals surface area contributed by atoms with E-state index in [1.165, 1.54) is 32.1 Å². The first-order chi connectivity index (χ1) is 6.79. The Balaban J connectivity index is 2.04. The van der Waals surface area contributed by atoms with Crippen LogP contribution in [0, 0.1) is 5.92 Å². The highest BCUT2D eigenvalue weighted by molar-refractivity contribution is 5.20. The monoisotopic (exact) mass is 194 g/mol. The summed E-state index contributed by atoms with van der Waals surface area (Å²) in [6, 6.07) is 0.526. The highest BCUT2D eigenvalue weighted by Gasteiger charge is 2.22. The fraction of sp³-hybridized carbons (Fsp3) is 0.800. The van der Waals surface area contributed by atoms with Gasteiger partial charge in [-0.2, -0.15) is 0 Å². The molecule has 78 valence electrons. The van der Waals surface area contributed by atoms with Crippen LogP contribution in [0.5, 0.6) is 0 Å². The highest BCUT2D eigenvalue weighted by Crippen LogP contribution is 2.33. The average Bonchev–Trinajstić information content (AvgIpc) is 2.65. The minimum absolute atomic E-state index is 0.526. The van der Waals surface area contributed by atoms with E-state index in [1.807, 2.05) is 10.9 Å². The Morgan fingerprint density at radius 3 is 3.07 bits per heavy atom. The van der Waals surface area contributed by atoms with Crippen LogP contribution in [-0.4, -0.2) is 15.0 Å². The molecule has 2 rings (SSSR count). The molecule has 2 unspecified atom stereocenters. The normalized spacial score (nSPS) is 27.8. The van der Waals surface area contributed by atoms with Gasteiger partial charge in [-0.15, -0.1) is 5.10 Å². The van der Waals surface area contributed by atoms with Crippen molar-refractivity contribution in [3.8, 4) is 0 Å². The van der Waals surface area contributed by atoms with E-state index in [1.54, 1.807) is 0 Å². The number of nitrogens with zero attached hydrogens (tertiary/aromatic N) is 3. The fourth-order valence-corrected chi connectivity index (χ4v) is 2.34. The second-order valence-electron chi connectivity index (χ2n) is 4.22. The second-order valence-corrected chi connectivity index (χ2v) is 4.22. The first-order valence-electron chi connectivity index (χ1n) is 5.47. The molecule has 1 aromatic heterocycles. The number of anilines is 1. The molecule has 0 amide bonds. The van der Waals surface area contributed by atoms with E-state index >= 15 is 0 Å². The van der Waals surface area contributed by atoms with Crippen molar-refractivity contribution in [1.82, 2.24) is 15.0 Å². The highest BCUT2D eigenvalue weighted by atomic mass is 15.4. The van der Waals surface area contributed by atoms with Gasteiger partial charge in [0.25, 0.3) is 0 Å². The molecule has 0 radical (unpaired) electrons. The smallest absolute Gasteiger partial charge is 0.165 e. The predicted molar refractivity (Wildman–Crippen MR) is 55.7 cm³/mol. The Kier molecular flexibility index (Phi) is 2.70. The summed E-state index contributed by atoms with van der Waals surface area (Å²) in [7, 11) is 0. The number of aromatic nitrogens is 3.